The molecule has 1 aliphatic heterocycles. The zero-order valence-corrected chi connectivity index (χ0v) is 16.8. The number of ether oxygens (including phenoxy) is 2. The summed E-state index contributed by atoms with van der Waals surface area (Å²) in [5, 5.41) is 3.23. The van der Waals surface area contributed by atoms with Crippen molar-refractivity contribution < 1.29 is 19.2 Å². The molecule has 1 atom stereocenters. The summed E-state index contributed by atoms with van der Waals surface area (Å²) in [6.07, 6.45) is 0.192. The number of carbonyl (C=O) groups excluding carboxylic acids is 1. The molecule has 0 bridgehead atoms. The molecule has 0 aromatic heterocycles. The summed E-state index contributed by atoms with van der Waals surface area (Å²) in [6, 6.07) is 17.8. The number of nitrogens with one attached hydrogen (secondary N) is 2. The smallest absolute Gasteiger partial charge is 0.251 e. The van der Waals surface area contributed by atoms with Gasteiger partial charge in [0.15, 0.2) is 0 Å². The van der Waals surface area contributed by atoms with Gasteiger partial charge in [-0.1, -0.05) is 42.5 Å². The third-order valence-corrected chi connectivity index (χ3v) is 5.00. The standard InChI is InChI=1S/C23H30N2O3/c1-18(2)28-17-19-8-10-21(11-9-19)23(26)24-22(20-6-4-3-5-7-20)16-25-12-14-27-15-13-25/h3-11,18,22H,12-17H2,1-2H3,(H,24,26)/p+1/t22-/m0/s1. The van der Waals surface area contributed by atoms with E-state index < -0.39 is 0 Å². The summed E-state index contributed by atoms with van der Waals surface area (Å²) in [5.41, 5.74) is 2.88. The van der Waals surface area contributed by atoms with Gasteiger partial charge in [0, 0.05) is 5.56 Å². The lowest BCUT2D eigenvalue weighted by molar-refractivity contribution is -0.909. The van der Waals surface area contributed by atoms with Crippen LogP contribution in [0, 0.1) is 0 Å². The molecule has 150 valence electrons. The lowest BCUT2D eigenvalue weighted by Gasteiger charge is -2.28. The van der Waals surface area contributed by atoms with Gasteiger partial charge in [-0.2, -0.15) is 0 Å². The molecule has 1 saturated heterocycles. The molecule has 0 saturated carbocycles. The Hall–Kier alpha value is -2.21. The van der Waals surface area contributed by atoms with Crippen LogP contribution in [0.15, 0.2) is 54.6 Å². The second-order valence-electron chi connectivity index (χ2n) is 7.56. The van der Waals surface area contributed by atoms with Crippen LogP contribution in [0.3, 0.4) is 0 Å². The highest BCUT2D eigenvalue weighted by Crippen LogP contribution is 2.13. The number of hydrogen-bond donors (Lipinski definition) is 2. The molecule has 2 aromatic rings. The molecule has 1 heterocycles. The molecule has 5 heteroatoms. The van der Waals surface area contributed by atoms with Crippen LogP contribution < -0.4 is 10.2 Å². The van der Waals surface area contributed by atoms with Crippen LogP contribution in [0.25, 0.3) is 0 Å². The SMILES string of the molecule is CC(C)OCc1ccc(C(=O)N[C@@H](C[NH+]2CCOCC2)c2ccccc2)cc1. The third-order valence-electron chi connectivity index (χ3n) is 5.00. The highest BCUT2D eigenvalue weighted by atomic mass is 16.5. The van der Waals surface area contributed by atoms with Crippen LogP contribution in [0.4, 0.5) is 0 Å². The molecule has 2 N–H and O–H groups in total. The van der Waals surface area contributed by atoms with E-state index in [1.807, 2.05) is 56.3 Å². The second kappa shape index (κ2) is 10.4. The Kier molecular flexibility index (Phi) is 7.60. The molecule has 3 rings (SSSR count). The predicted molar refractivity (Wildman–Crippen MR) is 109 cm³/mol. The zero-order chi connectivity index (χ0) is 19.8. The topological polar surface area (TPSA) is 52.0 Å². The van der Waals surface area contributed by atoms with Crippen LogP contribution >= 0.6 is 0 Å². The maximum Gasteiger partial charge on any atom is 0.251 e. The zero-order valence-electron chi connectivity index (χ0n) is 16.8. The van der Waals surface area contributed by atoms with Crippen molar-refractivity contribution in [2.75, 3.05) is 32.8 Å². The quantitative estimate of drug-likeness (QED) is 0.733. The van der Waals surface area contributed by atoms with Gasteiger partial charge >= 0.3 is 0 Å². The minimum atomic E-state index is -0.0437. The number of amides is 1. The maximum absolute atomic E-state index is 12.9. The molecule has 0 aliphatic carbocycles. The molecule has 28 heavy (non-hydrogen) atoms. The van der Waals surface area contributed by atoms with Gasteiger partial charge in [-0.05, 0) is 37.1 Å². The van der Waals surface area contributed by atoms with E-state index in [1.54, 1.807) is 0 Å². The number of quaternary nitrogens is 1. The molecule has 1 fully saturated rings. The third kappa shape index (κ3) is 6.16. The van der Waals surface area contributed by atoms with Gasteiger partial charge in [0.2, 0.25) is 0 Å². The fourth-order valence-electron chi connectivity index (χ4n) is 3.35. The number of benzene rings is 2. The van der Waals surface area contributed by atoms with Gasteiger partial charge in [0.25, 0.3) is 5.91 Å². The van der Waals surface area contributed by atoms with Crippen molar-refractivity contribution in [3.63, 3.8) is 0 Å². The lowest BCUT2D eigenvalue weighted by atomic mass is 10.0. The summed E-state index contributed by atoms with van der Waals surface area (Å²) >= 11 is 0. The summed E-state index contributed by atoms with van der Waals surface area (Å²) in [7, 11) is 0. The normalized spacial score (nSPS) is 16.1. The van der Waals surface area contributed by atoms with Gasteiger partial charge in [0.05, 0.1) is 25.9 Å². The van der Waals surface area contributed by atoms with Crippen molar-refractivity contribution in [2.45, 2.75) is 32.6 Å². The summed E-state index contributed by atoms with van der Waals surface area (Å²) in [4.78, 5) is 14.3. The Bertz CT molecular complexity index is 725. The molecule has 1 aliphatic rings. The molecule has 5 nitrogen and oxygen atoms in total. The fourth-order valence-corrected chi connectivity index (χ4v) is 3.35. The predicted octanol–water partition coefficient (Wildman–Crippen LogP) is 2.00. The summed E-state index contributed by atoms with van der Waals surface area (Å²) in [6.45, 7) is 8.97. The highest BCUT2D eigenvalue weighted by Gasteiger charge is 2.23. The number of carbonyl (C=O) groups is 1. The lowest BCUT2D eigenvalue weighted by Crippen LogP contribution is -3.14. The van der Waals surface area contributed by atoms with Crippen LogP contribution in [-0.4, -0.2) is 44.9 Å². The Balaban J connectivity index is 1.66. The van der Waals surface area contributed by atoms with E-state index in [-0.39, 0.29) is 18.1 Å². The molecule has 0 radical (unpaired) electrons. The van der Waals surface area contributed by atoms with Crippen LogP contribution in [0.5, 0.6) is 0 Å². The minimum Gasteiger partial charge on any atom is -0.374 e. The van der Waals surface area contributed by atoms with Gasteiger partial charge in [-0.25, -0.2) is 0 Å². The van der Waals surface area contributed by atoms with Crippen molar-refractivity contribution >= 4 is 5.91 Å². The second-order valence-corrected chi connectivity index (χ2v) is 7.56. The van der Waals surface area contributed by atoms with Crippen molar-refractivity contribution in [3.05, 3.63) is 71.3 Å². The average molecular weight is 384 g/mol. The molecular weight excluding hydrogens is 352 g/mol. The van der Waals surface area contributed by atoms with Crippen molar-refractivity contribution in [1.82, 2.24) is 5.32 Å². The van der Waals surface area contributed by atoms with E-state index in [2.05, 4.69) is 17.4 Å². The number of rotatable bonds is 8. The van der Waals surface area contributed by atoms with E-state index in [0.29, 0.717) is 12.2 Å². The van der Waals surface area contributed by atoms with Crippen LogP contribution in [0.1, 0.15) is 41.4 Å². The van der Waals surface area contributed by atoms with Crippen molar-refractivity contribution in [2.24, 2.45) is 0 Å². The largest absolute Gasteiger partial charge is 0.374 e. The monoisotopic (exact) mass is 383 g/mol. The number of hydrogen-bond acceptors (Lipinski definition) is 3. The van der Waals surface area contributed by atoms with Crippen LogP contribution in [-0.2, 0) is 16.1 Å². The van der Waals surface area contributed by atoms with Gasteiger partial charge in [-0.15, -0.1) is 0 Å². The molecule has 2 aromatic carbocycles. The summed E-state index contributed by atoms with van der Waals surface area (Å²) in [5.74, 6) is -0.0437. The van der Waals surface area contributed by atoms with Gasteiger partial charge in [-0.3, -0.25) is 4.79 Å². The summed E-state index contributed by atoms with van der Waals surface area (Å²) < 4.78 is 11.1. The van der Waals surface area contributed by atoms with E-state index in [4.69, 9.17) is 9.47 Å². The molecule has 0 spiro atoms. The molecular formula is C23H31N2O3+. The van der Waals surface area contributed by atoms with E-state index in [0.717, 1.165) is 44.0 Å². The van der Waals surface area contributed by atoms with Crippen molar-refractivity contribution in [3.8, 4) is 0 Å². The first-order valence-corrected chi connectivity index (χ1v) is 10.1. The average Bonchev–Trinajstić information content (AvgIpc) is 2.73. The van der Waals surface area contributed by atoms with E-state index in [9.17, 15) is 4.79 Å². The van der Waals surface area contributed by atoms with Gasteiger partial charge < -0.3 is 19.7 Å². The van der Waals surface area contributed by atoms with E-state index >= 15 is 0 Å². The Morgan fingerprint density at radius 3 is 2.39 bits per heavy atom. The highest BCUT2D eigenvalue weighted by molar-refractivity contribution is 5.94. The first-order chi connectivity index (χ1) is 13.6. The Labute approximate surface area is 167 Å². The minimum absolute atomic E-state index is 0.0225. The van der Waals surface area contributed by atoms with Crippen LogP contribution in [0.2, 0.25) is 0 Å². The van der Waals surface area contributed by atoms with Crippen molar-refractivity contribution in [1.29, 1.82) is 0 Å². The first-order valence-electron chi connectivity index (χ1n) is 10.1. The Morgan fingerprint density at radius 2 is 1.75 bits per heavy atom. The fraction of sp³-hybridized carbons (Fsp3) is 0.435. The number of morpholine rings is 1. The maximum atomic E-state index is 12.9. The van der Waals surface area contributed by atoms with Gasteiger partial charge in [0.1, 0.15) is 25.7 Å². The molecule has 0 unspecified atom stereocenters. The Morgan fingerprint density at radius 1 is 1.07 bits per heavy atom. The van der Waals surface area contributed by atoms with E-state index in [1.165, 1.54) is 4.90 Å². The first kappa shape index (κ1) is 20.5. The molecule has 1 amide bonds.